The van der Waals surface area contributed by atoms with Crippen LogP contribution >= 0.6 is 0 Å². The molecule has 3 heteroatoms. The summed E-state index contributed by atoms with van der Waals surface area (Å²) in [6.45, 7) is 3.66. The molecule has 0 atom stereocenters. The fourth-order valence-electron chi connectivity index (χ4n) is 0.972. The number of hydrogen-bond acceptors (Lipinski definition) is 2. The number of carboxylic acid groups (broad SMARTS) is 1. The second-order valence-electron chi connectivity index (χ2n) is 2.53. The van der Waals surface area contributed by atoms with Crippen LogP contribution < -0.4 is 34.7 Å². The van der Waals surface area contributed by atoms with Gasteiger partial charge in [0.1, 0.15) is 0 Å². The van der Waals surface area contributed by atoms with E-state index in [1.54, 1.807) is 19.1 Å². The summed E-state index contributed by atoms with van der Waals surface area (Å²) in [7, 11) is 0. The molecule has 1 rings (SSSR count). The molecule has 12 heavy (non-hydrogen) atoms. The third-order valence-electron chi connectivity index (χ3n) is 1.82. The zero-order valence-corrected chi connectivity index (χ0v) is 9.55. The van der Waals surface area contributed by atoms with Crippen LogP contribution in [0.2, 0.25) is 0 Å². The van der Waals surface area contributed by atoms with Gasteiger partial charge in [-0.2, -0.15) is 0 Å². The molecule has 0 saturated carbocycles. The van der Waals surface area contributed by atoms with Crippen LogP contribution in [0.4, 0.5) is 0 Å². The van der Waals surface area contributed by atoms with Gasteiger partial charge in [-0.3, -0.25) is 0 Å². The third-order valence-corrected chi connectivity index (χ3v) is 1.82. The van der Waals surface area contributed by atoms with Gasteiger partial charge in [-0.1, -0.05) is 18.2 Å². The summed E-state index contributed by atoms with van der Waals surface area (Å²) in [5.74, 6) is -1.11. The van der Waals surface area contributed by atoms with Crippen molar-refractivity contribution in [2.45, 2.75) is 13.8 Å². The van der Waals surface area contributed by atoms with Crippen molar-refractivity contribution in [1.82, 2.24) is 0 Å². The second-order valence-corrected chi connectivity index (χ2v) is 2.53. The van der Waals surface area contributed by atoms with E-state index in [1.165, 1.54) is 0 Å². The van der Waals surface area contributed by atoms with Crippen LogP contribution in [0.5, 0.6) is 0 Å². The summed E-state index contributed by atoms with van der Waals surface area (Å²) in [4.78, 5) is 10.5. The molecule has 0 bridgehead atoms. The maximum atomic E-state index is 10.5. The molecule has 0 unspecified atom stereocenters. The van der Waals surface area contributed by atoms with Gasteiger partial charge in [-0.25, -0.2) is 0 Å². The summed E-state index contributed by atoms with van der Waals surface area (Å²) in [6.07, 6.45) is 0. The van der Waals surface area contributed by atoms with Gasteiger partial charge in [0.25, 0.3) is 0 Å². The number of rotatable bonds is 1. The van der Waals surface area contributed by atoms with Crippen molar-refractivity contribution in [3.8, 4) is 0 Å². The first kappa shape index (κ1) is 11.7. The number of aromatic carboxylic acids is 1. The predicted octanol–water partition coefficient (Wildman–Crippen LogP) is -2.33. The van der Waals surface area contributed by atoms with Gasteiger partial charge in [0.05, 0.1) is 5.97 Å². The Bertz CT molecular complexity index is 295. The average molecular weight is 172 g/mol. The number of carbonyl (C=O) groups excluding carboxylic acids is 1. The van der Waals surface area contributed by atoms with Crippen LogP contribution in [0.15, 0.2) is 18.2 Å². The van der Waals surface area contributed by atoms with Gasteiger partial charge < -0.3 is 9.90 Å². The van der Waals surface area contributed by atoms with Crippen LogP contribution in [0.3, 0.4) is 0 Å². The van der Waals surface area contributed by atoms with Crippen LogP contribution in [0, 0.1) is 13.8 Å². The molecule has 58 valence electrons. The number of carbonyl (C=O) groups is 1. The third kappa shape index (κ3) is 2.34. The van der Waals surface area contributed by atoms with E-state index in [0.29, 0.717) is 0 Å². The molecule has 0 aromatic heterocycles. The van der Waals surface area contributed by atoms with Crippen LogP contribution in [-0.4, -0.2) is 5.97 Å². The smallest absolute Gasteiger partial charge is 0.545 e. The number of carboxylic acids is 1. The van der Waals surface area contributed by atoms with Crippen molar-refractivity contribution in [3.05, 3.63) is 34.9 Å². The van der Waals surface area contributed by atoms with Crippen molar-refractivity contribution in [2.75, 3.05) is 0 Å². The molecule has 0 fully saturated rings. The summed E-state index contributed by atoms with van der Waals surface area (Å²) >= 11 is 0. The van der Waals surface area contributed by atoms with Gasteiger partial charge in [0, 0.05) is 5.56 Å². The van der Waals surface area contributed by atoms with Crippen molar-refractivity contribution in [2.24, 2.45) is 0 Å². The van der Waals surface area contributed by atoms with E-state index < -0.39 is 5.97 Å². The van der Waals surface area contributed by atoms with E-state index in [4.69, 9.17) is 0 Å². The van der Waals surface area contributed by atoms with Crippen molar-refractivity contribution in [1.29, 1.82) is 0 Å². The molecule has 0 radical (unpaired) electrons. The van der Waals surface area contributed by atoms with E-state index in [1.807, 2.05) is 13.0 Å². The molecule has 1 aromatic carbocycles. The Balaban J connectivity index is 0.00000121. The minimum absolute atomic E-state index is 0. The number of aryl methyl sites for hydroxylation is 1. The van der Waals surface area contributed by atoms with E-state index in [2.05, 4.69) is 0 Å². The molecule has 0 aliphatic carbocycles. The Kier molecular flexibility index (Phi) is 4.53. The minimum atomic E-state index is -1.11. The SMILES string of the molecule is Cc1cccc(C(=O)[O-])c1C.[Na+]. The van der Waals surface area contributed by atoms with Gasteiger partial charge >= 0.3 is 29.6 Å². The standard InChI is InChI=1S/C9H10O2.Na/c1-6-4-3-5-8(7(6)2)9(10)11;/h3-5H,1-2H3,(H,10,11);/q;+1/p-1. The Morgan fingerprint density at radius 3 is 2.33 bits per heavy atom. The first-order valence-electron chi connectivity index (χ1n) is 3.40. The van der Waals surface area contributed by atoms with Crippen molar-refractivity contribution >= 4 is 5.97 Å². The Labute approximate surface area is 93.9 Å². The monoisotopic (exact) mass is 172 g/mol. The largest absolute Gasteiger partial charge is 1.00 e. The molecular weight excluding hydrogens is 163 g/mol. The quantitative estimate of drug-likeness (QED) is 0.446. The molecule has 1 aromatic rings. The summed E-state index contributed by atoms with van der Waals surface area (Å²) in [5, 5.41) is 10.5. The Morgan fingerprint density at radius 1 is 1.33 bits per heavy atom. The summed E-state index contributed by atoms with van der Waals surface area (Å²) in [5.41, 5.74) is 2.05. The molecule has 0 saturated heterocycles. The van der Waals surface area contributed by atoms with Gasteiger partial charge in [0.2, 0.25) is 0 Å². The first-order chi connectivity index (χ1) is 5.13. The second kappa shape index (κ2) is 4.65. The van der Waals surface area contributed by atoms with E-state index in [0.717, 1.165) is 11.1 Å². The molecule has 0 spiro atoms. The molecule has 0 heterocycles. The van der Waals surface area contributed by atoms with Gasteiger partial charge in [0.15, 0.2) is 0 Å². The minimum Gasteiger partial charge on any atom is -0.545 e. The summed E-state index contributed by atoms with van der Waals surface area (Å²) < 4.78 is 0. The first-order valence-corrected chi connectivity index (χ1v) is 3.40. The Hall–Kier alpha value is -0.310. The fourth-order valence-corrected chi connectivity index (χ4v) is 0.972. The van der Waals surface area contributed by atoms with Crippen LogP contribution in [0.25, 0.3) is 0 Å². The normalized spacial score (nSPS) is 8.83. The predicted molar refractivity (Wildman–Crippen MR) is 40.2 cm³/mol. The van der Waals surface area contributed by atoms with Gasteiger partial charge in [-0.05, 0) is 25.0 Å². The van der Waals surface area contributed by atoms with Gasteiger partial charge in [-0.15, -0.1) is 0 Å². The molecular formula is C9H9NaO2. The molecule has 0 amide bonds. The molecule has 0 N–H and O–H groups in total. The number of hydrogen-bond donors (Lipinski definition) is 0. The summed E-state index contributed by atoms with van der Waals surface area (Å²) in [6, 6.07) is 5.15. The Morgan fingerprint density at radius 2 is 1.92 bits per heavy atom. The topological polar surface area (TPSA) is 40.1 Å². The van der Waals surface area contributed by atoms with Crippen molar-refractivity contribution < 1.29 is 39.5 Å². The van der Waals surface area contributed by atoms with E-state index >= 15 is 0 Å². The molecule has 0 aliphatic rings. The molecule has 2 nitrogen and oxygen atoms in total. The maximum Gasteiger partial charge on any atom is 1.00 e. The number of benzene rings is 1. The maximum absolute atomic E-state index is 10.5. The van der Waals surface area contributed by atoms with E-state index in [-0.39, 0.29) is 35.1 Å². The molecule has 0 aliphatic heterocycles. The zero-order valence-electron chi connectivity index (χ0n) is 7.55. The van der Waals surface area contributed by atoms with Crippen molar-refractivity contribution in [3.63, 3.8) is 0 Å². The van der Waals surface area contributed by atoms with Crippen LogP contribution in [-0.2, 0) is 0 Å². The van der Waals surface area contributed by atoms with E-state index in [9.17, 15) is 9.90 Å². The fraction of sp³-hybridized carbons (Fsp3) is 0.222. The van der Waals surface area contributed by atoms with Crippen LogP contribution in [0.1, 0.15) is 21.5 Å². The zero-order chi connectivity index (χ0) is 8.43. The average Bonchev–Trinajstić information content (AvgIpc) is 1.94.